The van der Waals surface area contributed by atoms with E-state index >= 15 is 0 Å². The molecule has 4 N–H and O–H groups in total. The molecule has 2 rings (SSSR count). The summed E-state index contributed by atoms with van der Waals surface area (Å²) in [4.78, 5) is 0. The molecule has 0 saturated heterocycles. The van der Waals surface area contributed by atoms with Crippen LogP contribution in [0.5, 0.6) is 11.5 Å². The number of nitrogens with two attached hydrogens (primary N) is 1. The summed E-state index contributed by atoms with van der Waals surface area (Å²) >= 11 is 0. The monoisotopic (exact) mass is 201 g/mol. The zero-order valence-electron chi connectivity index (χ0n) is 8.01. The van der Waals surface area contributed by atoms with Crippen LogP contribution in [0, 0.1) is 0 Å². The molecule has 0 bridgehead atoms. The number of benzene rings is 2. The van der Waals surface area contributed by atoms with Crippen LogP contribution < -0.4 is 5.73 Å². The van der Waals surface area contributed by atoms with Gasteiger partial charge in [0.25, 0.3) is 0 Å². The van der Waals surface area contributed by atoms with E-state index in [4.69, 9.17) is 5.73 Å². The first-order chi connectivity index (χ1) is 7.18. The van der Waals surface area contributed by atoms with Gasteiger partial charge in [-0.3, -0.25) is 0 Å². The van der Waals surface area contributed by atoms with Crippen LogP contribution in [0.25, 0.3) is 11.1 Å². The van der Waals surface area contributed by atoms with E-state index in [2.05, 4.69) is 0 Å². The van der Waals surface area contributed by atoms with E-state index < -0.39 is 0 Å². The number of phenolic OH excluding ortho intramolecular Hbond substituents is 2. The summed E-state index contributed by atoms with van der Waals surface area (Å²) in [7, 11) is 0. The SMILES string of the molecule is Nc1ccc(-c2ccccc2O)cc1O. The van der Waals surface area contributed by atoms with Gasteiger partial charge in [-0.15, -0.1) is 0 Å². The van der Waals surface area contributed by atoms with E-state index in [-0.39, 0.29) is 11.5 Å². The molecule has 76 valence electrons. The van der Waals surface area contributed by atoms with E-state index in [0.29, 0.717) is 11.3 Å². The molecule has 0 fully saturated rings. The standard InChI is InChI=1S/C12H11NO2/c13-10-6-5-8(7-12(10)15)9-3-1-2-4-11(9)14/h1-7,14-15H,13H2. The third-order valence-electron chi connectivity index (χ3n) is 2.25. The third-order valence-corrected chi connectivity index (χ3v) is 2.25. The maximum Gasteiger partial charge on any atom is 0.139 e. The molecule has 2 aromatic rings. The summed E-state index contributed by atoms with van der Waals surface area (Å²) in [6.07, 6.45) is 0. The zero-order chi connectivity index (χ0) is 10.8. The Morgan fingerprint density at radius 2 is 1.60 bits per heavy atom. The molecular formula is C12H11NO2. The second kappa shape index (κ2) is 3.53. The molecule has 0 saturated carbocycles. The van der Waals surface area contributed by atoms with Crippen LogP contribution in [-0.4, -0.2) is 10.2 Å². The van der Waals surface area contributed by atoms with Crippen LogP contribution in [0.4, 0.5) is 5.69 Å². The Balaban J connectivity index is 2.55. The number of hydrogen-bond acceptors (Lipinski definition) is 3. The number of rotatable bonds is 1. The summed E-state index contributed by atoms with van der Waals surface area (Å²) in [5, 5.41) is 19.1. The first kappa shape index (κ1) is 9.40. The maximum atomic E-state index is 9.61. The summed E-state index contributed by atoms with van der Waals surface area (Å²) < 4.78 is 0. The summed E-state index contributed by atoms with van der Waals surface area (Å²) in [5.74, 6) is 0.206. The average molecular weight is 201 g/mol. The van der Waals surface area contributed by atoms with E-state index in [1.807, 2.05) is 6.07 Å². The average Bonchev–Trinajstić information content (AvgIpc) is 2.23. The topological polar surface area (TPSA) is 66.5 Å². The van der Waals surface area contributed by atoms with Crippen molar-refractivity contribution in [1.29, 1.82) is 0 Å². The molecule has 0 unspecified atom stereocenters. The molecule has 0 amide bonds. The lowest BCUT2D eigenvalue weighted by molar-refractivity contribution is 0.475. The van der Waals surface area contributed by atoms with E-state index in [1.165, 1.54) is 6.07 Å². The van der Waals surface area contributed by atoms with Crippen molar-refractivity contribution in [3.05, 3.63) is 42.5 Å². The van der Waals surface area contributed by atoms with Gasteiger partial charge in [0, 0.05) is 5.56 Å². The smallest absolute Gasteiger partial charge is 0.139 e. The fraction of sp³-hybridized carbons (Fsp3) is 0. The van der Waals surface area contributed by atoms with Crippen molar-refractivity contribution in [3.8, 4) is 22.6 Å². The first-order valence-electron chi connectivity index (χ1n) is 4.55. The fourth-order valence-electron chi connectivity index (χ4n) is 1.43. The second-order valence-corrected chi connectivity index (χ2v) is 3.29. The van der Waals surface area contributed by atoms with Crippen LogP contribution in [0.1, 0.15) is 0 Å². The number of phenols is 2. The van der Waals surface area contributed by atoms with E-state index in [9.17, 15) is 10.2 Å². The van der Waals surface area contributed by atoms with Gasteiger partial charge in [0.05, 0.1) is 5.69 Å². The molecule has 0 radical (unpaired) electrons. The summed E-state index contributed by atoms with van der Waals surface area (Å²) in [6, 6.07) is 11.8. The van der Waals surface area contributed by atoms with Gasteiger partial charge in [0.15, 0.2) is 0 Å². The van der Waals surface area contributed by atoms with Crippen molar-refractivity contribution in [1.82, 2.24) is 0 Å². The van der Waals surface area contributed by atoms with Gasteiger partial charge >= 0.3 is 0 Å². The van der Waals surface area contributed by atoms with Crippen LogP contribution >= 0.6 is 0 Å². The Kier molecular flexibility index (Phi) is 2.21. The number of para-hydroxylation sites is 1. The Bertz CT molecular complexity index is 495. The maximum absolute atomic E-state index is 9.61. The summed E-state index contributed by atoms with van der Waals surface area (Å²) in [6.45, 7) is 0. The lowest BCUT2D eigenvalue weighted by atomic mass is 10.0. The zero-order valence-corrected chi connectivity index (χ0v) is 8.01. The van der Waals surface area contributed by atoms with Gasteiger partial charge in [-0.25, -0.2) is 0 Å². The Morgan fingerprint density at radius 3 is 2.27 bits per heavy atom. The van der Waals surface area contributed by atoms with Gasteiger partial charge in [0.1, 0.15) is 11.5 Å². The van der Waals surface area contributed by atoms with Crippen molar-refractivity contribution in [2.45, 2.75) is 0 Å². The minimum absolute atomic E-state index is 0.0238. The number of anilines is 1. The fourth-order valence-corrected chi connectivity index (χ4v) is 1.43. The Hall–Kier alpha value is -2.16. The molecule has 2 aromatic carbocycles. The highest BCUT2D eigenvalue weighted by Gasteiger charge is 2.05. The lowest BCUT2D eigenvalue weighted by Crippen LogP contribution is -1.86. The number of aromatic hydroxyl groups is 2. The van der Waals surface area contributed by atoms with Crippen molar-refractivity contribution >= 4 is 5.69 Å². The Morgan fingerprint density at radius 1 is 0.867 bits per heavy atom. The van der Waals surface area contributed by atoms with Crippen molar-refractivity contribution in [2.75, 3.05) is 5.73 Å². The van der Waals surface area contributed by atoms with Gasteiger partial charge in [-0.05, 0) is 23.8 Å². The highest BCUT2D eigenvalue weighted by Crippen LogP contribution is 2.32. The highest BCUT2D eigenvalue weighted by atomic mass is 16.3. The number of nitrogen functional groups attached to an aromatic ring is 1. The molecule has 0 aliphatic carbocycles. The van der Waals surface area contributed by atoms with Crippen LogP contribution in [0.2, 0.25) is 0 Å². The molecule has 3 nitrogen and oxygen atoms in total. The molecule has 0 aliphatic rings. The molecule has 3 heteroatoms. The van der Waals surface area contributed by atoms with Gasteiger partial charge in [-0.1, -0.05) is 24.3 Å². The van der Waals surface area contributed by atoms with Crippen LogP contribution in [-0.2, 0) is 0 Å². The molecule has 0 heterocycles. The number of hydrogen-bond donors (Lipinski definition) is 3. The predicted octanol–water partition coefficient (Wildman–Crippen LogP) is 2.35. The normalized spacial score (nSPS) is 10.1. The van der Waals surface area contributed by atoms with Crippen molar-refractivity contribution < 1.29 is 10.2 Å². The van der Waals surface area contributed by atoms with Gasteiger partial charge in [0.2, 0.25) is 0 Å². The largest absolute Gasteiger partial charge is 0.507 e. The van der Waals surface area contributed by atoms with Crippen molar-refractivity contribution in [3.63, 3.8) is 0 Å². The Labute approximate surface area is 87.4 Å². The highest BCUT2D eigenvalue weighted by molar-refractivity contribution is 5.73. The first-order valence-corrected chi connectivity index (χ1v) is 4.55. The van der Waals surface area contributed by atoms with Gasteiger partial charge in [-0.2, -0.15) is 0 Å². The minimum atomic E-state index is 0.0238. The molecule has 0 aromatic heterocycles. The third kappa shape index (κ3) is 1.72. The van der Waals surface area contributed by atoms with Gasteiger partial charge < -0.3 is 15.9 Å². The second-order valence-electron chi connectivity index (χ2n) is 3.29. The molecule has 0 atom stereocenters. The molecule has 0 aliphatic heterocycles. The molecule has 0 spiro atoms. The predicted molar refractivity (Wildman–Crippen MR) is 59.6 cm³/mol. The van der Waals surface area contributed by atoms with E-state index in [0.717, 1.165) is 5.56 Å². The summed E-state index contributed by atoms with van der Waals surface area (Å²) in [5.41, 5.74) is 7.23. The van der Waals surface area contributed by atoms with Crippen LogP contribution in [0.3, 0.4) is 0 Å². The quantitative estimate of drug-likeness (QED) is 0.490. The minimum Gasteiger partial charge on any atom is -0.507 e. The lowest BCUT2D eigenvalue weighted by Gasteiger charge is -2.06. The molecule has 15 heavy (non-hydrogen) atoms. The van der Waals surface area contributed by atoms with E-state index in [1.54, 1.807) is 30.3 Å². The van der Waals surface area contributed by atoms with Crippen LogP contribution in [0.15, 0.2) is 42.5 Å². The van der Waals surface area contributed by atoms with Crippen molar-refractivity contribution in [2.24, 2.45) is 0 Å². The molecular weight excluding hydrogens is 190 g/mol.